The first-order chi connectivity index (χ1) is 12.6. The molecule has 3 aromatic rings. The van der Waals surface area contributed by atoms with Crippen LogP contribution in [0.25, 0.3) is 0 Å². The minimum atomic E-state index is -0.233. The zero-order valence-corrected chi connectivity index (χ0v) is 14.8. The molecule has 1 unspecified atom stereocenters. The van der Waals surface area contributed by atoms with Crippen LogP contribution >= 0.6 is 0 Å². The van der Waals surface area contributed by atoms with Crippen molar-refractivity contribution >= 4 is 23.1 Å². The molecule has 1 aliphatic rings. The molecule has 0 aliphatic carbocycles. The van der Waals surface area contributed by atoms with Gasteiger partial charge in [0.15, 0.2) is 0 Å². The van der Waals surface area contributed by atoms with Crippen molar-refractivity contribution in [3.8, 4) is 0 Å². The fraction of sp³-hybridized carbons (Fsp3) is 0.190. The van der Waals surface area contributed by atoms with Crippen molar-refractivity contribution < 1.29 is 4.79 Å². The monoisotopic (exact) mass is 344 g/mol. The Bertz CT molecular complexity index is 955. The first kappa shape index (κ1) is 16.3. The summed E-state index contributed by atoms with van der Waals surface area (Å²) in [7, 11) is 0. The first-order valence-corrected chi connectivity index (χ1v) is 8.71. The van der Waals surface area contributed by atoms with Crippen LogP contribution in [0.1, 0.15) is 28.8 Å². The van der Waals surface area contributed by atoms with Gasteiger partial charge in [-0.15, -0.1) is 0 Å². The average Bonchev–Trinajstić information content (AvgIpc) is 2.97. The highest BCUT2D eigenvalue weighted by Crippen LogP contribution is 2.37. The Morgan fingerprint density at radius 2 is 1.81 bits per heavy atom. The number of anilines is 3. The summed E-state index contributed by atoms with van der Waals surface area (Å²) >= 11 is 0. The van der Waals surface area contributed by atoms with E-state index in [0.29, 0.717) is 11.5 Å². The van der Waals surface area contributed by atoms with Crippen LogP contribution in [-0.4, -0.2) is 21.9 Å². The third kappa shape index (κ3) is 3.04. The summed E-state index contributed by atoms with van der Waals surface area (Å²) in [6, 6.07) is 19.8. The van der Waals surface area contributed by atoms with Crippen LogP contribution in [0.3, 0.4) is 0 Å². The molecule has 0 spiro atoms. The second kappa shape index (κ2) is 6.59. The van der Waals surface area contributed by atoms with Crippen LogP contribution in [0, 0.1) is 6.92 Å². The number of para-hydroxylation sites is 2. The molecule has 130 valence electrons. The van der Waals surface area contributed by atoms with Gasteiger partial charge in [0.25, 0.3) is 5.91 Å². The van der Waals surface area contributed by atoms with Gasteiger partial charge in [-0.3, -0.25) is 4.79 Å². The smallest absolute Gasteiger partial charge is 0.274 e. The van der Waals surface area contributed by atoms with Crippen molar-refractivity contribution in [2.24, 2.45) is 0 Å². The van der Waals surface area contributed by atoms with Crippen LogP contribution < -0.4 is 10.2 Å². The van der Waals surface area contributed by atoms with Crippen LogP contribution in [0.5, 0.6) is 0 Å². The Labute approximate surface area is 152 Å². The number of carbonyl (C=O) groups excluding carboxylic acids is 1. The molecule has 1 atom stereocenters. The van der Waals surface area contributed by atoms with E-state index in [2.05, 4.69) is 45.3 Å². The number of carbonyl (C=O) groups is 1. The van der Waals surface area contributed by atoms with Crippen molar-refractivity contribution in [3.05, 3.63) is 77.7 Å². The highest BCUT2D eigenvalue weighted by Gasteiger charge is 2.28. The summed E-state index contributed by atoms with van der Waals surface area (Å²) in [6.07, 6.45) is 0.963. The Morgan fingerprint density at radius 3 is 2.62 bits per heavy atom. The number of aromatic nitrogens is 2. The minimum absolute atomic E-state index is 0.233. The zero-order valence-electron chi connectivity index (χ0n) is 14.8. The Hall–Kier alpha value is -3.21. The van der Waals surface area contributed by atoms with Crippen LogP contribution in [0.2, 0.25) is 0 Å². The lowest BCUT2D eigenvalue weighted by Crippen LogP contribution is -2.26. The standard InChI is InChI=1S/C21H20N4O/c1-14-12-16-8-6-7-11-19(16)25(14)20-13-18(22-15(2)23-20)21(26)24-17-9-4-3-5-10-17/h3-11,13-14H,12H2,1-2H3,(H,24,26). The predicted octanol–water partition coefficient (Wildman–Crippen LogP) is 4.12. The number of nitrogens with one attached hydrogen (secondary N) is 1. The number of hydrogen-bond donors (Lipinski definition) is 1. The fourth-order valence-corrected chi connectivity index (χ4v) is 3.42. The molecule has 5 heteroatoms. The summed E-state index contributed by atoms with van der Waals surface area (Å²) in [5.41, 5.74) is 3.56. The average molecular weight is 344 g/mol. The second-order valence-corrected chi connectivity index (χ2v) is 6.53. The topological polar surface area (TPSA) is 58.1 Å². The van der Waals surface area contributed by atoms with E-state index in [0.717, 1.165) is 23.6 Å². The molecule has 0 saturated heterocycles. The summed E-state index contributed by atoms with van der Waals surface area (Å²) < 4.78 is 0. The number of hydrogen-bond acceptors (Lipinski definition) is 4. The number of rotatable bonds is 3. The van der Waals surface area contributed by atoms with E-state index < -0.39 is 0 Å². The van der Waals surface area contributed by atoms with Crippen molar-refractivity contribution in [1.82, 2.24) is 9.97 Å². The van der Waals surface area contributed by atoms with E-state index in [9.17, 15) is 4.79 Å². The van der Waals surface area contributed by atoms with Gasteiger partial charge in [0.2, 0.25) is 0 Å². The van der Waals surface area contributed by atoms with E-state index >= 15 is 0 Å². The lowest BCUT2D eigenvalue weighted by molar-refractivity contribution is 0.102. The lowest BCUT2D eigenvalue weighted by Gasteiger charge is -2.24. The molecule has 1 N–H and O–H groups in total. The Kier molecular flexibility index (Phi) is 4.13. The molecule has 1 amide bonds. The normalized spacial score (nSPS) is 15.6. The van der Waals surface area contributed by atoms with Crippen molar-refractivity contribution in [2.45, 2.75) is 26.3 Å². The van der Waals surface area contributed by atoms with E-state index in [1.807, 2.05) is 43.3 Å². The number of nitrogens with zero attached hydrogens (tertiary/aromatic N) is 3. The molecule has 5 nitrogen and oxygen atoms in total. The number of aryl methyl sites for hydroxylation is 1. The molecule has 0 saturated carbocycles. The predicted molar refractivity (Wildman–Crippen MR) is 103 cm³/mol. The SMILES string of the molecule is Cc1nc(C(=O)Nc2ccccc2)cc(N2c3ccccc3CC2C)n1. The fourth-order valence-electron chi connectivity index (χ4n) is 3.42. The van der Waals surface area contributed by atoms with Gasteiger partial charge in [0.05, 0.1) is 0 Å². The van der Waals surface area contributed by atoms with Gasteiger partial charge in [-0.25, -0.2) is 9.97 Å². The second-order valence-electron chi connectivity index (χ2n) is 6.53. The third-order valence-electron chi connectivity index (χ3n) is 4.54. The van der Waals surface area contributed by atoms with E-state index in [-0.39, 0.29) is 11.9 Å². The molecule has 1 aliphatic heterocycles. The molecule has 2 aromatic carbocycles. The van der Waals surface area contributed by atoms with Gasteiger partial charge in [-0.05, 0) is 44.0 Å². The molecular weight excluding hydrogens is 324 g/mol. The molecule has 0 bridgehead atoms. The molecule has 0 radical (unpaired) electrons. The van der Waals surface area contributed by atoms with Gasteiger partial charge in [-0.2, -0.15) is 0 Å². The number of amides is 1. The summed E-state index contributed by atoms with van der Waals surface area (Å²) in [5.74, 6) is 1.11. The minimum Gasteiger partial charge on any atom is -0.323 e. The Morgan fingerprint density at radius 1 is 1.08 bits per heavy atom. The zero-order chi connectivity index (χ0) is 18.1. The van der Waals surface area contributed by atoms with Gasteiger partial charge in [-0.1, -0.05) is 36.4 Å². The van der Waals surface area contributed by atoms with Crippen LogP contribution in [-0.2, 0) is 6.42 Å². The van der Waals surface area contributed by atoms with E-state index in [1.165, 1.54) is 5.56 Å². The molecule has 0 fully saturated rings. The van der Waals surface area contributed by atoms with Gasteiger partial charge < -0.3 is 10.2 Å². The van der Waals surface area contributed by atoms with Crippen molar-refractivity contribution in [1.29, 1.82) is 0 Å². The summed E-state index contributed by atoms with van der Waals surface area (Å²) in [5, 5.41) is 2.89. The number of fused-ring (bicyclic) bond motifs is 1. The highest BCUT2D eigenvalue weighted by molar-refractivity contribution is 6.03. The third-order valence-corrected chi connectivity index (χ3v) is 4.54. The summed E-state index contributed by atoms with van der Waals surface area (Å²) in [6.45, 7) is 3.98. The quantitative estimate of drug-likeness (QED) is 0.776. The Balaban J connectivity index is 1.68. The first-order valence-electron chi connectivity index (χ1n) is 8.71. The largest absolute Gasteiger partial charge is 0.323 e. The van der Waals surface area contributed by atoms with E-state index in [4.69, 9.17) is 0 Å². The van der Waals surface area contributed by atoms with Crippen LogP contribution in [0.4, 0.5) is 17.2 Å². The van der Waals surface area contributed by atoms with Crippen molar-refractivity contribution in [3.63, 3.8) is 0 Å². The van der Waals surface area contributed by atoms with Gasteiger partial charge >= 0.3 is 0 Å². The molecular formula is C21H20N4O. The highest BCUT2D eigenvalue weighted by atomic mass is 16.1. The van der Waals surface area contributed by atoms with E-state index in [1.54, 1.807) is 6.07 Å². The maximum Gasteiger partial charge on any atom is 0.274 e. The summed E-state index contributed by atoms with van der Waals surface area (Å²) in [4.78, 5) is 23.7. The maximum absolute atomic E-state index is 12.6. The number of benzene rings is 2. The van der Waals surface area contributed by atoms with Gasteiger partial charge in [0.1, 0.15) is 17.3 Å². The molecule has 1 aromatic heterocycles. The van der Waals surface area contributed by atoms with Crippen LogP contribution in [0.15, 0.2) is 60.7 Å². The van der Waals surface area contributed by atoms with Gasteiger partial charge in [0, 0.05) is 23.5 Å². The molecule has 4 rings (SSSR count). The molecule has 26 heavy (non-hydrogen) atoms. The maximum atomic E-state index is 12.6. The lowest BCUT2D eigenvalue weighted by atomic mass is 10.1. The van der Waals surface area contributed by atoms with Crippen molar-refractivity contribution in [2.75, 3.05) is 10.2 Å². The molecule has 2 heterocycles.